The van der Waals surface area contributed by atoms with Gasteiger partial charge in [0.1, 0.15) is 5.75 Å². The number of halogens is 1. The lowest BCUT2D eigenvalue weighted by atomic mass is 10.1. The van der Waals surface area contributed by atoms with Crippen molar-refractivity contribution in [3.8, 4) is 28.6 Å². The van der Waals surface area contributed by atoms with E-state index in [1.807, 2.05) is 50.2 Å². The van der Waals surface area contributed by atoms with E-state index < -0.39 is 0 Å². The van der Waals surface area contributed by atoms with Crippen LogP contribution in [0.25, 0.3) is 22.8 Å². The Labute approximate surface area is 133 Å². The van der Waals surface area contributed by atoms with E-state index in [0.29, 0.717) is 29.1 Å². The molecule has 0 radical (unpaired) electrons. The molecule has 112 valence electrons. The zero-order chi connectivity index (χ0) is 15.5. The number of aryl methyl sites for hydroxylation is 1. The van der Waals surface area contributed by atoms with E-state index in [9.17, 15) is 0 Å². The fourth-order valence-electron chi connectivity index (χ4n) is 2.23. The van der Waals surface area contributed by atoms with Crippen molar-refractivity contribution < 1.29 is 9.26 Å². The molecule has 0 bridgehead atoms. The van der Waals surface area contributed by atoms with Crippen LogP contribution in [-0.4, -0.2) is 16.7 Å². The molecule has 0 N–H and O–H groups in total. The maximum Gasteiger partial charge on any atom is 0.258 e. The lowest BCUT2D eigenvalue weighted by molar-refractivity contribution is 0.341. The second kappa shape index (κ2) is 6.20. The van der Waals surface area contributed by atoms with Crippen LogP contribution in [0.5, 0.6) is 5.75 Å². The fourth-order valence-corrected chi connectivity index (χ4v) is 2.46. The molecule has 22 heavy (non-hydrogen) atoms. The van der Waals surface area contributed by atoms with Gasteiger partial charge in [0.2, 0.25) is 5.82 Å². The SMILES string of the molecule is CCOc1c(Cl)cccc1-c1noc(-c2ccccc2C)n1. The zero-order valence-corrected chi connectivity index (χ0v) is 13.1. The lowest BCUT2D eigenvalue weighted by Crippen LogP contribution is -1.95. The number of nitrogens with zero attached hydrogens (tertiary/aromatic N) is 2. The van der Waals surface area contributed by atoms with Crippen LogP contribution in [0, 0.1) is 6.92 Å². The first-order chi connectivity index (χ1) is 10.7. The summed E-state index contributed by atoms with van der Waals surface area (Å²) in [5, 5.41) is 4.59. The van der Waals surface area contributed by atoms with Crippen LogP contribution in [0.4, 0.5) is 0 Å². The van der Waals surface area contributed by atoms with Gasteiger partial charge in [0, 0.05) is 5.56 Å². The van der Waals surface area contributed by atoms with Gasteiger partial charge in [-0.15, -0.1) is 0 Å². The molecule has 0 amide bonds. The Morgan fingerprint density at radius 1 is 1.09 bits per heavy atom. The molecule has 1 aromatic heterocycles. The summed E-state index contributed by atoms with van der Waals surface area (Å²) >= 11 is 6.20. The summed E-state index contributed by atoms with van der Waals surface area (Å²) in [7, 11) is 0. The van der Waals surface area contributed by atoms with Crippen LogP contribution < -0.4 is 4.74 Å². The van der Waals surface area contributed by atoms with E-state index in [1.165, 1.54) is 0 Å². The predicted octanol–water partition coefficient (Wildman–Crippen LogP) is 4.76. The highest BCUT2D eigenvalue weighted by molar-refractivity contribution is 6.32. The highest BCUT2D eigenvalue weighted by atomic mass is 35.5. The Balaban J connectivity index is 2.05. The van der Waals surface area contributed by atoms with Crippen molar-refractivity contribution >= 4 is 11.6 Å². The molecule has 0 unspecified atom stereocenters. The van der Waals surface area contributed by atoms with Gasteiger partial charge >= 0.3 is 0 Å². The van der Waals surface area contributed by atoms with Gasteiger partial charge in [0.25, 0.3) is 5.89 Å². The second-order valence-electron chi connectivity index (χ2n) is 4.79. The first-order valence-electron chi connectivity index (χ1n) is 7.02. The van der Waals surface area contributed by atoms with E-state index in [-0.39, 0.29) is 0 Å². The Hall–Kier alpha value is -2.33. The van der Waals surface area contributed by atoms with Crippen molar-refractivity contribution in [1.29, 1.82) is 0 Å². The summed E-state index contributed by atoms with van der Waals surface area (Å²) in [6, 6.07) is 13.3. The van der Waals surface area contributed by atoms with Crippen LogP contribution in [-0.2, 0) is 0 Å². The summed E-state index contributed by atoms with van der Waals surface area (Å²) in [4.78, 5) is 4.48. The molecule has 0 fully saturated rings. The largest absolute Gasteiger partial charge is 0.492 e. The third kappa shape index (κ3) is 2.70. The number of aromatic nitrogens is 2. The van der Waals surface area contributed by atoms with Gasteiger partial charge in [-0.2, -0.15) is 4.98 Å². The normalized spacial score (nSPS) is 10.7. The first-order valence-corrected chi connectivity index (χ1v) is 7.40. The summed E-state index contributed by atoms with van der Waals surface area (Å²) in [5.74, 6) is 1.52. The smallest absolute Gasteiger partial charge is 0.258 e. The van der Waals surface area contributed by atoms with E-state index in [4.69, 9.17) is 20.9 Å². The molecule has 0 saturated heterocycles. The molecule has 0 aliphatic carbocycles. The Bertz CT molecular complexity index is 799. The van der Waals surface area contributed by atoms with Gasteiger partial charge in [-0.05, 0) is 37.6 Å². The molecule has 2 aromatic carbocycles. The number of hydrogen-bond acceptors (Lipinski definition) is 4. The number of ether oxygens (including phenoxy) is 1. The van der Waals surface area contributed by atoms with Crippen LogP contribution in [0.2, 0.25) is 5.02 Å². The van der Waals surface area contributed by atoms with Crippen LogP contribution in [0.3, 0.4) is 0 Å². The molecule has 3 aromatic rings. The van der Waals surface area contributed by atoms with Crippen LogP contribution in [0.1, 0.15) is 12.5 Å². The van der Waals surface area contributed by atoms with Crippen molar-refractivity contribution in [1.82, 2.24) is 10.1 Å². The van der Waals surface area contributed by atoms with Crippen molar-refractivity contribution in [3.63, 3.8) is 0 Å². The van der Waals surface area contributed by atoms with Crippen LogP contribution in [0.15, 0.2) is 47.0 Å². The Kier molecular flexibility index (Phi) is 4.11. The van der Waals surface area contributed by atoms with Crippen molar-refractivity contribution in [2.45, 2.75) is 13.8 Å². The second-order valence-corrected chi connectivity index (χ2v) is 5.19. The molecule has 4 nitrogen and oxygen atoms in total. The van der Waals surface area contributed by atoms with Crippen molar-refractivity contribution in [2.75, 3.05) is 6.61 Å². The average Bonchev–Trinajstić information content (AvgIpc) is 2.99. The number of para-hydroxylation sites is 1. The number of benzene rings is 2. The van der Waals surface area contributed by atoms with Gasteiger partial charge < -0.3 is 9.26 Å². The van der Waals surface area contributed by atoms with Gasteiger partial charge in [0.05, 0.1) is 17.2 Å². The topological polar surface area (TPSA) is 48.2 Å². The molecule has 0 aliphatic rings. The number of hydrogen-bond donors (Lipinski definition) is 0. The van der Waals surface area contributed by atoms with Crippen molar-refractivity contribution in [3.05, 3.63) is 53.1 Å². The molecule has 3 rings (SSSR count). The van der Waals surface area contributed by atoms with E-state index in [2.05, 4.69) is 10.1 Å². The maximum absolute atomic E-state index is 6.20. The summed E-state index contributed by atoms with van der Waals surface area (Å²) < 4.78 is 11.0. The van der Waals surface area contributed by atoms with E-state index in [0.717, 1.165) is 16.7 Å². The highest BCUT2D eigenvalue weighted by Gasteiger charge is 2.17. The molecule has 0 saturated carbocycles. The molecule has 0 atom stereocenters. The maximum atomic E-state index is 6.20. The van der Waals surface area contributed by atoms with Gasteiger partial charge in [-0.25, -0.2) is 0 Å². The molecule has 5 heteroatoms. The summed E-state index contributed by atoms with van der Waals surface area (Å²) in [6.45, 7) is 4.42. The standard InChI is InChI=1S/C17H15ClN2O2/c1-3-21-15-13(9-6-10-14(15)18)16-19-17(22-20-16)12-8-5-4-7-11(12)2/h4-10H,3H2,1-2H3. The van der Waals surface area contributed by atoms with E-state index >= 15 is 0 Å². The minimum absolute atomic E-state index is 0.462. The predicted molar refractivity (Wildman–Crippen MR) is 86.1 cm³/mol. The van der Waals surface area contributed by atoms with Gasteiger partial charge in [-0.1, -0.05) is 41.0 Å². The lowest BCUT2D eigenvalue weighted by Gasteiger charge is -2.08. The molecular weight excluding hydrogens is 300 g/mol. The van der Waals surface area contributed by atoms with E-state index in [1.54, 1.807) is 6.07 Å². The monoisotopic (exact) mass is 314 g/mol. The van der Waals surface area contributed by atoms with Crippen molar-refractivity contribution in [2.24, 2.45) is 0 Å². The van der Waals surface area contributed by atoms with Gasteiger partial charge in [0.15, 0.2) is 0 Å². The number of rotatable bonds is 4. The zero-order valence-electron chi connectivity index (χ0n) is 12.3. The molecule has 1 heterocycles. The van der Waals surface area contributed by atoms with Crippen LogP contribution >= 0.6 is 11.6 Å². The quantitative estimate of drug-likeness (QED) is 0.696. The third-order valence-electron chi connectivity index (χ3n) is 3.30. The average molecular weight is 315 g/mol. The first kappa shape index (κ1) is 14.6. The Morgan fingerprint density at radius 3 is 2.64 bits per heavy atom. The van der Waals surface area contributed by atoms with Gasteiger partial charge in [-0.3, -0.25) is 0 Å². The third-order valence-corrected chi connectivity index (χ3v) is 3.60. The molecule has 0 spiro atoms. The fraction of sp³-hybridized carbons (Fsp3) is 0.176. The summed E-state index contributed by atoms with van der Waals surface area (Å²) in [6.07, 6.45) is 0. The molecule has 0 aliphatic heterocycles. The molecular formula is C17H15ClN2O2. The highest BCUT2D eigenvalue weighted by Crippen LogP contribution is 2.35. The minimum atomic E-state index is 0.462. The summed E-state index contributed by atoms with van der Waals surface area (Å²) in [5.41, 5.74) is 2.72. The minimum Gasteiger partial charge on any atom is -0.492 e. The Morgan fingerprint density at radius 2 is 1.86 bits per heavy atom.